The van der Waals surface area contributed by atoms with Gasteiger partial charge in [0, 0.05) is 34.1 Å². The van der Waals surface area contributed by atoms with Crippen LogP contribution in [0.5, 0.6) is 0 Å². The van der Waals surface area contributed by atoms with E-state index in [2.05, 4.69) is 301 Å². The van der Waals surface area contributed by atoms with Crippen molar-refractivity contribution in [2.45, 2.75) is 5.41 Å². The zero-order valence-corrected chi connectivity index (χ0v) is 40.1. The molecule has 0 atom stereocenters. The van der Waals surface area contributed by atoms with Gasteiger partial charge >= 0.3 is 0 Å². The van der Waals surface area contributed by atoms with E-state index in [1.165, 1.54) is 88.7 Å². The summed E-state index contributed by atoms with van der Waals surface area (Å²) in [4.78, 5) is 4.76. The molecule has 14 rings (SSSR count). The van der Waals surface area contributed by atoms with Crippen LogP contribution in [-0.4, -0.2) is 0 Å². The smallest absolute Gasteiger partial charge is 0.0726 e. The minimum atomic E-state index is -0.413. The normalized spacial score (nSPS) is 12.5. The molecule has 0 aromatic heterocycles. The van der Waals surface area contributed by atoms with Crippen molar-refractivity contribution in [3.05, 3.63) is 313 Å². The van der Waals surface area contributed by atoms with Crippen LogP contribution in [0, 0.1) is 0 Å². The summed E-state index contributed by atoms with van der Waals surface area (Å²) in [6.07, 6.45) is 0. The fraction of sp³-hybridized carbons (Fsp3) is 0.0141. The van der Waals surface area contributed by atoms with E-state index in [4.69, 9.17) is 0 Å². The summed E-state index contributed by atoms with van der Waals surface area (Å²) in [7, 11) is 0. The third-order valence-corrected chi connectivity index (χ3v) is 15.3. The molecule has 0 saturated heterocycles. The van der Waals surface area contributed by atoms with Gasteiger partial charge in [0.05, 0.1) is 5.41 Å². The van der Waals surface area contributed by atoms with Crippen molar-refractivity contribution in [1.29, 1.82) is 0 Å². The van der Waals surface area contributed by atoms with Crippen LogP contribution in [0.4, 0.5) is 34.1 Å². The van der Waals surface area contributed by atoms with Gasteiger partial charge in [-0.15, -0.1) is 0 Å². The Morgan fingerprint density at radius 3 is 0.986 bits per heavy atom. The van der Waals surface area contributed by atoms with E-state index in [1.807, 2.05) is 0 Å². The van der Waals surface area contributed by atoms with Gasteiger partial charge in [-0.25, -0.2) is 0 Å². The van der Waals surface area contributed by atoms with Gasteiger partial charge in [0.1, 0.15) is 0 Å². The van der Waals surface area contributed by atoms with E-state index in [9.17, 15) is 0 Å². The molecule has 0 fully saturated rings. The molecule has 12 aromatic carbocycles. The molecule has 1 spiro atoms. The number of rotatable bonds is 9. The zero-order valence-electron chi connectivity index (χ0n) is 40.1. The Morgan fingerprint density at radius 1 is 0.192 bits per heavy atom. The van der Waals surface area contributed by atoms with Crippen LogP contribution in [0.3, 0.4) is 0 Å². The summed E-state index contributed by atoms with van der Waals surface area (Å²) in [6.45, 7) is 0. The molecule has 0 saturated carbocycles. The van der Waals surface area contributed by atoms with Crippen LogP contribution in [-0.2, 0) is 5.41 Å². The molecule has 73 heavy (non-hydrogen) atoms. The summed E-state index contributed by atoms with van der Waals surface area (Å²) in [5.41, 5.74) is 24.0. The molecule has 0 bridgehead atoms. The second kappa shape index (κ2) is 17.4. The molecule has 0 heterocycles. The minimum absolute atomic E-state index is 0.413. The molecule has 0 unspecified atom stereocenters. The maximum Gasteiger partial charge on any atom is 0.0726 e. The summed E-state index contributed by atoms with van der Waals surface area (Å²) in [5.74, 6) is 0. The fourth-order valence-corrected chi connectivity index (χ4v) is 11.9. The monoisotopic (exact) mass is 928 g/mol. The van der Waals surface area contributed by atoms with Gasteiger partial charge in [0.25, 0.3) is 0 Å². The molecule has 0 amide bonds. The molecule has 2 heteroatoms. The maximum absolute atomic E-state index is 2.46. The number of para-hydroxylation sites is 1. The molecule has 342 valence electrons. The van der Waals surface area contributed by atoms with E-state index < -0.39 is 5.41 Å². The third kappa shape index (κ3) is 7.02. The van der Waals surface area contributed by atoms with Gasteiger partial charge in [-0.3, -0.25) is 0 Å². The first-order chi connectivity index (χ1) is 36.2. The van der Waals surface area contributed by atoms with Gasteiger partial charge in [-0.1, -0.05) is 218 Å². The van der Waals surface area contributed by atoms with Crippen molar-refractivity contribution in [2.75, 3.05) is 9.80 Å². The zero-order chi connectivity index (χ0) is 48.3. The first-order valence-corrected chi connectivity index (χ1v) is 25.2. The number of fused-ring (bicyclic) bond motifs is 11. The number of benzene rings is 12. The quantitative estimate of drug-likeness (QED) is 0.142. The maximum atomic E-state index is 2.46. The van der Waals surface area contributed by atoms with Gasteiger partial charge in [-0.2, -0.15) is 0 Å². The van der Waals surface area contributed by atoms with E-state index in [1.54, 1.807) is 0 Å². The summed E-state index contributed by atoms with van der Waals surface area (Å²) >= 11 is 0. The van der Waals surface area contributed by atoms with Crippen molar-refractivity contribution in [3.63, 3.8) is 0 Å². The largest absolute Gasteiger partial charge is 0.310 e. The Kier molecular flexibility index (Phi) is 10.1. The summed E-state index contributed by atoms with van der Waals surface area (Å²) in [6, 6.07) is 107. The molecule has 0 N–H and O–H groups in total. The highest BCUT2D eigenvalue weighted by Gasteiger charge is 2.51. The summed E-state index contributed by atoms with van der Waals surface area (Å²) < 4.78 is 0. The van der Waals surface area contributed by atoms with Crippen molar-refractivity contribution < 1.29 is 0 Å². The lowest BCUT2D eigenvalue weighted by atomic mass is 9.70. The van der Waals surface area contributed by atoms with Crippen LogP contribution in [0.25, 0.3) is 66.4 Å². The van der Waals surface area contributed by atoms with Gasteiger partial charge in [-0.05, 0) is 161 Å². The number of hydrogen-bond donors (Lipinski definition) is 0. The Bertz CT molecular complexity index is 3930. The molecule has 2 aliphatic rings. The Labute approximate surface area is 427 Å². The average Bonchev–Trinajstić information content (AvgIpc) is 3.98. The lowest BCUT2D eigenvalue weighted by Crippen LogP contribution is -2.26. The third-order valence-electron chi connectivity index (χ3n) is 15.3. The van der Waals surface area contributed by atoms with Gasteiger partial charge in [0.2, 0.25) is 0 Å². The topological polar surface area (TPSA) is 6.48 Å². The van der Waals surface area contributed by atoms with Crippen LogP contribution in [0.15, 0.2) is 291 Å². The molecule has 2 nitrogen and oxygen atoms in total. The molecule has 0 aliphatic heterocycles. The predicted molar refractivity (Wildman–Crippen MR) is 306 cm³/mol. The van der Waals surface area contributed by atoms with Crippen LogP contribution >= 0.6 is 0 Å². The molecular weight excluding hydrogens is 881 g/mol. The van der Waals surface area contributed by atoms with Gasteiger partial charge in [0.15, 0.2) is 0 Å². The number of anilines is 6. The van der Waals surface area contributed by atoms with E-state index >= 15 is 0 Å². The lowest BCUT2D eigenvalue weighted by molar-refractivity contribution is 0.793. The Morgan fingerprint density at radius 2 is 0.507 bits per heavy atom. The van der Waals surface area contributed by atoms with Crippen molar-refractivity contribution in [1.82, 2.24) is 0 Å². The van der Waals surface area contributed by atoms with Crippen LogP contribution < -0.4 is 9.80 Å². The summed E-state index contributed by atoms with van der Waals surface area (Å²) in [5, 5.41) is 2.44. The molecule has 12 aromatic rings. The van der Waals surface area contributed by atoms with E-state index in [-0.39, 0.29) is 0 Å². The van der Waals surface area contributed by atoms with Crippen LogP contribution in [0.2, 0.25) is 0 Å². The lowest BCUT2D eigenvalue weighted by Gasteiger charge is -2.32. The highest BCUT2D eigenvalue weighted by Crippen LogP contribution is 2.63. The Balaban J connectivity index is 0.775. The molecular formula is C71H48N2. The molecule has 2 aliphatic carbocycles. The van der Waals surface area contributed by atoms with Crippen molar-refractivity contribution >= 4 is 44.9 Å². The van der Waals surface area contributed by atoms with E-state index in [0.29, 0.717) is 0 Å². The fourth-order valence-electron chi connectivity index (χ4n) is 11.9. The van der Waals surface area contributed by atoms with Crippen LogP contribution in [0.1, 0.15) is 22.3 Å². The highest BCUT2D eigenvalue weighted by molar-refractivity contribution is 5.97. The predicted octanol–water partition coefficient (Wildman–Crippen LogP) is 19.1. The van der Waals surface area contributed by atoms with Gasteiger partial charge < -0.3 is 9.80 Å². The second-order valence-electron chi connectivity index (χ2n) is 19.2. The number of hydrogen-bond acceptors (Lipinski definition) is 2. The van der Waals surface area contributed by atoms with E-state index in [0.717, 1.165) is 34.1 Å². The van der Waals surface area contributed by atoms with Crippen molar-refractivity contribution in [3.8, 4) is 55.6 Å². The van der Waals surface area contributed by atoms with Crippen molar-refractivity contribution in [2.24, 2.45) is 0 Å². The highest BCUT2D eigenvalue weighted by atomic mass is 15.1. The standard InChI is InChI=1S/C71H48N2/c1-3-15-49(16-4-1)53-31-38-59(39-32-53)73(61-44-37-50-17-7-8-18-56(50)47-61)60-42-35-55(36-43-60)52-29-27-51(28-30-52)54-33-40-58(41-34-54)72(57-19-5-2-6-20-57)62-45-46-66-65-23-11-14-26-69(65)71(70(66)48-62)67-24-12-9-21-63(67)64-22-10-13-25-68(64)71/h1-48H. The first-order valence-electron chi connectivity index (χ1n) is 25.2. The minimum Gasteiger partial charge on any atom is -0.310 e. The Hall–Kier alpha value is -9.50. The molecule has 0 radical (unpaired) electrons. The SMILES string of the molecule is c1ccc(-c2ccc(N(c3ccc(-c4ccc(-c5ccc(N(c6ccccc6)c6ccc7c(c6)C6(c8ccccc8-c8ccccc86)c6ccccc6-7)cc5)cc4)cc3)c3ccc4ccccc4c3)cc2)cc1. The average molecular weight is 929 g/mol. The number of nitrogens with zero attached hydrogens (tertiary/aromatic N) is 2. The first kappa shape index (κ1) is 42.4. The second-order valence-corrected chi connectivity index (χ2v) is 19.2.